The van der Waals surface area contributed by atoms with E-state index in [2.05, 4.69) is 4.90 Å². The van der Waals surface area contributed by atoms with E-state index in [0.717, 1.165) is 25.8 Å². The zero-order valence-corrected chi connectivity index (χ0v) is 11.4. The molecule has 3 N–H and O–H groups in total. The van der Waals surface area contributed by atoms with Gasteiger partial charge in [-0.15, -0.1) is 0 Å². The maximum atomic E-state index is 10.3. The molecule has 4 heteroatoms. The van der Waals surface area contributed by atoms with Gasteiger partial charge in [-0.1, -0.05) is 32.1 Å². The zero-order valence-electron chi connectivity index (χ0n) is 11.4. The Kier molecular flexibility index (Phi) is 8.01. The number of nitrogens with zero attached hydrogens (tertiary/aromatic N) is 1. The number of hydrogen-bond acceptors (Lipinski definition) is 3. The molecule has 4 nitrogen and oxygen atoms in total. The molecule has 106 valence electrons. The van der Waals surface area contributed by atoms with Crippen LogP contribution in [-0.2, 0) is 4.79 Å². The highest BCUT2D eigenvalue weighted by molar-refractivity contribution is 5.66. The van der Waals surface area contributed by atoms with Crippen LogP contribution >= 0.6 is 0 Å². The summed E-state index contributed by atoms with van der Waals surface area (Å²) in [4.78, 5) is 12.8. The highest BCUT2D eigenvalue weighted by Gasteiger charge is 2.17. The molecule has 0 aromatic carbocycles. The molecule has 1 unspecified atom stereocenters. The number of hydrogen-bond donors (Lipinski definition) is 2. The standard InChI is InChI=1S/C14H28N2O2/c15-13-9-11-16(12-13)10-7-5-3-1-2-4-6-8-14(17)18/h13H,1-12,15H2,(H,17,18). The topological polar surface area (TPSA) is 66.6 Å². The van der Waals surface area contributed by atoms with Crippen molar-refractivity contribution in [3.05, 3.63) is 0 Å². The van der Waals surface area contributed by atoms with E-state index >= 15 is 0 Å². The van der Waals surface area contributed by atoms with Gasteiger partial charge in [0.2, 0.25) is 0 Å². The summed E-state index contributed by atoms with van der Waals surface area (Å²) >= 11 is 0. The number of aliphatic carboxylic acids is 1. The van der Waals surface area contributed by atoms with Crippen LogP contribution in [0.5, 0.6) is 0 Å². The average molecular weight is 256 g/mol. The first-order valence-electron chi connectivity index (χ1n) is 7.38. The Morgan fingerprint density at radius 2 is 1.72 bits per heavy atom. The fourth-order valence-electron chi connectivity index (χ4n) is 2.56. The molecule has 0 aromatic rings. The molecule has 0 aromatic heterocycles. The van der Waals surface area contributed by atoms with E-state index in [1.807, 2.05) is 0 Å². The number of carbonyl (C=O) groups is 1. The number of rotatable bonds is 10. The molecule has 0 radical (unpaired) electrons. The minimum Gasteiger partial charge on any atom is -0.481 e. The molecular formula is C14H28N2O2. The molecule has 0 amide bonds. The van der Waals surface area contributed by atoms with Crippen LogP contribution < -0.4 is 5.73 Å². The molecule has 1 fully saturated rings. The Hall–Kier alpha value is -0.610. The van der Waals surface area contributed by atoms with Crippen LogP contribution in [0.2, 0.25) is 0 Å². The monoisotopic (exact) mass is 256 g/mol. The lowest BCUT2D eigenvalue weighted by molar-refractivity contribution is -0.137. The third kappa shape index (κ3) is 7.67. The smallest absolute Gasteiger partial charge is 0.303 e. The van der Waals surface area contributed by atoms with E-state index in [9.17, 15) is 4.79 Å². The first-order chi connectivity index (χ1) is 8.68. The molecule has 1 atom stereocenters. The predicted octanol–water partition coefficient (Wildman–Crippen LogP) is 2.22. The third-order valence-electron chi connectivity index (χ3n) is 3.67. The summed E-state index contributed by atoms with van der Waals surface area (Å²) in [6.07, 6.45) is 9.67. The van der Waals surface area contributed by atoms with Crippen molar-refractivity contribution < 1.29 is 9.90 Å². The van der Waals surface area contributed by atoms with Gasteiger partial charge < -0.3 is 15.7 Å². The van der Waals surface area contributed by atoms with Crippen molar-refractivity contribution in [2.45, 2.75) is 63.8 Å². The maximum absolute atomic E-state index is 10.3. The van der Waals surface area contributed by atoms with E-state index < -0.39 is 5.97 Å². The van der Waals surface area contributed by atoms with Gasteiger partial charge >= 0.3 is 5.97 Å². The summed E-state index contributed by atoms with van der Waals surface area (Å²) in [5, 5.41) is 8.50. The van der Waals surface area contributed by atoms with E-state index in [4.69, 9.17) is 10.8 Å². The molecule has 1 heterocycles. The van der Waals surface area contributed by atoms with Crippen LogP contribution in [0, 0.1) is 0 Å². The highest BCUT2D eigenvalue weighted by atomic mass is 16.4. The normalized spacial score (nSPS) is 20.4. The predicted molar refractivity (Wildman–Crippen MR) is 73.6 cm³/mol. The van der Waals surface area contributed by atoms with Crippen LogP contribution in [0.4, 0.5) is 0 Å². The van der Waals surface area contributed by atoms with Crippen LogP contribution in [0.1, 0.15) is 57.8 Å². The Morgan fingerprint density at radius 3 is 2.28 bits per heavy atom. The second-order valence-electron chi connectivity index (χ2n) is 5.47. The number of unbranched alkanes of at least 4 members (excludes halogenated alkanes) is 6. The molecular weight excluding hydrogens is 228 g/mol. The van der Waals surface area contributed by atoms with Gasteiger partial charge in [0.05, 0.1) is 0 Å². The molecule has 0 spiro atoms. The zero-order chi connectivity index (χ0) is 13.2. The quantitative estimate of drug-likeness (QED) is 0.588. The summed E-state index contributed by atoms with van der Waals surface area (Å²) in [5.74, 6) is -0.668. The van der Waals surface area contributed by atoms with E-state index in [0.29, 0.717) is 12.5 Å². The lowest BCUT2D eigenvalue weighted by Crippen LogP contribution is -2.27. The second kappa shape index (κ2) is 9.34. The van der Waals surface area contributed by atoms with Gasteiger partial charge in [0, 0.05) is 19.0 Å². The number of nitrogens with two attached hydrogens (primary N) is 1. The van der Waals surface area contributed by atoms with E-state index in [1.165, 1.54) is 45.2 Å². The average Bonchev–Trinajstić information content (AvgIpc) is 2.72. The Labute approximate surface area is 111 Å². The fraction of sp³-hybridized carbons (Fsp3) is 0.929. The summed E-state index contributed by atoms with van der Waals surface area (Å²) in [7, 11) is 0. The second-order valence-corrected chi connectivity index (χ2v) is 5.47. The Bertz CT molecular complexity index is 234. The lowest BCUT2D eigenvalue weighted by Gasteiger charge is -2.14. The Morgan fingerprint density at radius 1 is 1.11 bits per heavy atom. The van der Waals surface area contributed by atoms with Crippen molar-refractivity contribution >= 4 is 5.97 Å². The summed E-state index contributed by atoms with van der Waals surface area (Å²) < 4.78 is 0. The molecule has 0 aliphatic carbocycles. The number of carboxylic acid groups (broad SMARTS) is 1. The van der Waals surface area contributed by atoms with Gasteiger partial charge in [0.15, 0.2) is 0 Å². The molecule has 18 heavy (non-hydrogen) atoms. The first-order valence-corrected chi connectivity index (χ1v) is 7.38. The SMILES string of the molecule is NC1CCN(CCCCCCCCCC(=O)O)C1. The van der Waals surface area contributed by atoms with Crippen molar-refractivity contribution in [2.24, 2.45) is 5.73 Å². The molecule has 1 aliphatic heterocycles. The molecule has 1 saturated heterocycles. The van der Waals surface area contributed by atoms with Gasteiger partial charge in [-0.05, 0) is 32.4 Å². The van der Waals surface area contributed by atoms with Crippen molar-refractivity contribution in [1.29, 1.82) is 0 Å². The summed E-state index contributed by atoms with van der Waals surface area (Å²) in [5.41, 5.74) is 5.86. The Balaban J connectivity index is 1.77. The van der Waals surface area contributed by atoms with Crippen LogP contribution in [-0.4, -0.2) is 41.7 Å². The van der Waals surface area contributed by atoms with Crippen molar-refractivity contribution in [2.75, 3.05) is 19.6 Å². The van der Waals surface area contributed by atoms with Gasteiger partial charge in [-0.25, -0.2) is 0 Å². The van der Waals surface area contributed by atoms with Crippen molar-refractivity contribution in [3.8, 4) is 0 Å². The van der Waals surface area contributed by atoms with Gasteiger partial charge in [-0.2, -0.15) is 0 Å². The van der Waals surface area contributed by atoms with Gasteiger partial charge in [0.25, 0.3) is 0 Å². The number of likely N-dealkylation sites (tertiary alicyclic amines) is 1. The van der Waals surface area contributed by atoms with Crippen LogP contribution in [0.15, 0.2) is 0 Å². The summed E-state index contributed by atoms with van der Waals surface area (Å²) in [6.45, 7) is 3.46. The first kappa shape index (κ1) is 15.4. The lowest BCUT2D eigenvalue weighted by atomic mass is 10.1. The number of carboxylic acids is 1. The molecule has 1 rings (SSSR count). The summed E-state index contributed by atoms with van der Waals surface area (Å²) in [6, 6.07) is 0.402. The van der Waals surface area contributed by atoms with Crippen LogP contribution in [0.3, 0.4) is 0 Å². The molecule has 1 aliphatic rings. The van der Waals surface area contributed by atoms with E-state index in [1.54, 1.807) is 0 Å². The third-order valence-corrected chi connectivity index (χ3v) is 3.67. The molecule has 0 bridgehead atoms. The highest BCUT2D eigenvalue weighted by Crippen LogP contribution is 2.11. The minimum absolute atomic E-state index is 0.329. The van der Waals surface area contributed by atoms with Crippen molar-refractivity contribution in [1.82, 2.24) is 4.90 Å². The van der Waals surface area contributed by atoms with Gasteiger partial charge in [0.1, 0.15) is 0 Å². The van der Waals surface area contributed by atoms with Gasteiger partial charge in [-0.3, -0.25) is 4.79 Å². The van der Waals surface area contributed by atoms with Crippen molar-refractivity contribution in [3.63, 3.8) is 0 Å². The van der Waals surface area contributed by atoms with E-state index in [-0.39, 0.29) is 0 Å². The largest absolute Gasteiger partial charge is 0.481 e. The van der Waals surface area contributed by atoms with Crippen LogP contribution in [0.25, 0.3) is 0 Å². The molecule has 0 saturated carbocycles. The minimum atomic E-state index is -0.668. The maximum Gasteiger partial charge on any atom is 0.303 e. The fourth-order valence-corrected chi connectivity index (χ4v) is 2.56.